The Morgan fingerprint density at radius 2 is 1.80 bits per heavy atom. The Balaban J connectivity index is 1.49. The van der Waals surface area contributed by atoms with Gasteiger partial charge in [-0.05, 0) is 42.5 Å². The Morgan fingerprint density at radius 3 is 2.64 bits per heavy atom. The lowest BCUT2D eigenvalue weighted by atomic mass is 9.83. The molecule has 0 spiro atoms. The van der Waals surface area contributed by atoms with Crippen LogP contribution in [0.5, 0.6) is 0 Å². The standard InChI is InChI=1S/C20H21ClN2O2/c21-18-11-4-3-10-17(18)20(25)23-13-19(24)22-12-15-8-5-7-14-6-1-2-9-16(14)15/h1-4,6,9-11,15H,5,7-8,12-13H2,(H,22,24)(H,23,25). The number of fused-ring (bicyclic) bond motifs is 1. The molecule has 0 heterocycles. The SMILES string of the molecule is O=C(CNC(=O)c1ccccc1Cl)NCC1CCCc2ccccc21. The summed E-state index contributed by atoms with van der Waals surface area (Å²) in [5, 5.41) is 5.91. The van der Waals surface area contributed by atoms with Gasteiger partial charge in [0.1, 0.15) is 0 Å². The number of carbonyl (C=O) groups is 2. The minimum Gasteiger partial charge on any atom is -0.354 e. The van der Waals surface area contributed by atoms with Gasteiger partial charge in [0.2, 0.25) is 5.91 Å². The summed E-state index contributed by atoms with van der Waals surface area (Å²) in [7, 11) is 0. The van der Waals surface area contributed by atoms with Crippen molar-refractivity contribution in [3.05, 3.63) is 70.2 Å². The topological polar surface area (TPSA) is 58.2 Å². The van der Waals surface area contributed by atoms with Crippen LogP contribution in [0.2, 0.25) is 5.02 Å². The van der Waals surface area contributed by atoms with Crippen molar-refractivity contribution in [2.75, 3.05) is 13.1 Å². The lowest BCUT2D eigenvalue weighted by Gasteiger charge is -2.25. The van der Waals surface area contributed by atoms with E-state index in [0.29, 0.717) is 23.0 Å². The van der Waals surface area contributed by atoms with E-state index in [1.807, 2.05) is 6.07 Å². The quantitative estimate of drug-likeness (QED) is 0.863. The molecule has 3 rings (SSSR count). The molecular formula is C20H21ClN2O2. The van der Waals surface area contributed by atoms with Gasteiger partial charge in [-0.2, -0.15) is 0 Å². The van der Waals surface area contributed by atoms with E-state index >= 15 is 0 Å². The van der Waals surface area contributed by atoms with Gasteiger partial charge in [-0.1, -0.05) is 48.0 Å². The number of amides is 2. The van der Waals surface area contributed by atoms with Crippen molar-refractivity contribution in [2.45, 2.75) is 25.2 Å². The number of benzene rings is 2. The van der Waals surface area contributed by atoms with Crippen LogP contribution in [0.4, 0.5) is 0 Å². The van der Waals surface area contributed by atoms with Gasteiger partial charge in [0, 0.05) is 12.5 Å². The molecule has 0 fully saturated rings. The molecule has 0 bridgehead atoms. The van der Waals surface area contributed by atoms with Gasteiger partial charge >= 0.3 is 0 Å². The average Bonchev–Trinajstić information content (AvgIpc) is 2.64. The minimum atomic E-state index is -0.344. The lowest BCUT2D eigenvalue weighted by Crippen LogP contribution is -2.39. The number of hydrogen-bond acceptors (Lipinski definition) is 2. The zero-order valence-corrected chi connectivity index (χ0v) is 14.7. The highest BCUT2D eigenvalue weighted by Gasteiger charge is 2.20. The monoisotopic (exact) mass is 356 g/mol. The van der Waals surface area contributed by atoms with Crippen LogP contribution in [0.15, 0.2) is 48.5 Å². The third-order valence-corrected chi connectivity index (χ3v) is 4.90. The second-order valence-corrected chi connectivity index (χ2v) is 6.66. The van der Waals surface area contributed by atoms with Crippen molar-refractivity contribution in [2.24, 2.45) is 0 Å². The summed E-state index contributed by atoms with van der Waals surface area (Å²) in [6, 6.07) is 15.2. The largest absolute Gasteiger partial charge is 0.354 e. The van der Waals surface area contributed by atoms with Gasteiger partial charge in [-0.15, -0.1) is 0 Å². The molecule has 2 aromatic carbocycles. The van der Waals surface area contributed by atoms with Crippen molar-refractivity contribution in [3.63, 3.8) is 0 Å². The molecule has 1 aliphatic rings. The van der Waals surface area contributed by atoms with Crippen molar-refractivity contribution in [1.29, 1.82) is 0 Å². The van der Waals surface area contributed by atoms with E-state index in [9.17, 15) is 9.59 Å². The van der Waals surface area contributed by atoms with E-state index in [0.717, 1.165) is 19.3 Å². The summed E-state index contributed by atoms with van der Waals surface area (Å²) < 4.78 is 0. The van der Waals surface area contributed by atoms with Crippen LogP contribution >= 0.6 is 11.6 Å². The molecule has 5 heteroatoms. The Hall–Kier alpha value is -2.33. The molecule has 0 aliphatic heterocycles. The highest BCUT2D eigenvalue weighted by molar-refractivity contribution is 6.33. The van der Waals surface area contributed by atoms with E-state index in [-0.39, 0.29) is 18.4 Å². The first-order chi connectivity index (χ1) is 12.1. The molecule has 1 atom stereocenters. The third-order valence-electron chi connectivity index (χ3n) is 4.57. The van der Waals surface area contributed by atoms with Crippen molar-refractivity contribution in [3.8, 4) is 0 Å². The van der Waals surface area contributed by atoms with Gasteiger partial charge in [-0.3, -0.25) is 9.59 Å². The van der Waals surface area contributed by atoms with Crippen LogP contribution in [0, 0.1) is 0 Å². The fourth-order valence-electron chi connectivity index (χ4n) is 3.27. The lowest BCUT2D eigenvalue weighted by molar-refractivity contribution is -0.120. The fraction of sp³-hybridized carbons (Fsp3) is 0.300. The van der Waals surface area contributed by atoms with E-state index in [1.54, 1.807) is 24.3 Å². The molecular weight excluding hydrogens is 336 g/mol. The molecule has 0 saturated heterocycles. The normalized spacial score (nSPS) is 16.0. The predicted octanol–water partition coefficient (Wildman–Crippen LogP) is 3.31. The minimum absolute atomic E-state index is 0.0571. The highest BCUT2D eigenvalue weighted by Crippen LogP contribution is 2.30. The second kappa shape index (κ2) is 8.17. The summed E-state index contributed by atoms with van der Waals surface area (Å²) in [6.45, 7) is 0.538. The number of hydrogen-bond donors (Lipinski definition) is 2. The van der Waals surface area contributed by atoms with Crippen LogP contribution in [0.1, 0.15) is 40.2 Å². The maximum atomic E-state index is 12.1. The van der Waals surface area contributed by atoms with Gasteiger partial charge in [-0.25, -0.2) is 0 Å². The first kappa shape index (κ1) is 17.5. The van der Waals surface area contributed by atoms with Crippen molar-refractivity contribution in [1.82, 2.24) is 10.6 Å². The van der Waals surface area contributed by atoms with Crippen molar-refractivity contribution >= 4 is 23.4 Å². The van der Waals surface area contributed by atoms with Gasteiger partial charge in [0.05, 0.1) is 17.1 Å². The first-order valence-electron chi connectivity index (χ1n) is 8.52. The zero-order chi connectivity index (χ0) is 17.6. The second-order valence-electron chi connectivity index (χ2n) is 6.25. The maximum absolute atomic E-state index is 12.1. The van der Waals surface area contributed by atoms with Crippen LogP contribution in [-0.2, 0) is 11.2 Å². The Bertz CT molecular complexity index is 776. The Kier molecular flexibility index (Phi) is 5.71. The summed E-state index contributed by atoms with van der Waals surface area (Å²) in [5.74, 6) is -0.194. The maximum Gasteiger partial charge on any atom is 0.253 e. The summed E-state index contributed by atoms with van der Waals surface area (Å²) in [4.78, 5) is 24.1. The number of aryl methyl sites for hydroxylation is 1. The van der Waals surface area contributed by atoms with E-state index in [4.69, 9.17) is 11.6 Å². The summed E-state index contributed by atoms with van der Waals surface area (Å²) in [5.41, 5.74) is 3.08. The molecule has 2 N–H and O–H groups in total. The Morgan fingerprint density at radius 1 is 1.04 bits per heavy atom. The summed E-state index contributed by atoms with van der Waals surface area (Å²) >= 11 is 5.98. The van der Waals surface area contributed by atoms with Crippen LogP contribution in [-0.4, -0.2) is 24.9 Å². The molecule has 1 unspecified atom stereocenters. The number of rotatable bonds is 5. The molecule has 2 aromatic rings. The molecule has 1 aliphatic carbocycles. The van der Waals surface area contributed by atoms with E-state index in [1.165, 1.54) is 11.1 Å². The van der Waals surface area contributed by atoms with Gasteiger partial charge in [0.15, 0.2) is 0 Å². The first-order valence-corrected chi connectivity index (χ1v) is 8.90. The Labute approximate surface area is 152 Å². The molecule has 130 valence electrons. The summed E-state index contributed by atoms with van der Waals surface area (Å²) in [6.07, 6.45) is 3.32. The van der Waals surface area contributed by atoms with Gasteiger partial charge in [0.25, 0.3) is 5.91 Å². The zero-order valence-electron chi connectivity index (χ0n) is 13.9. The van der Waals surface area contributed by atoms with E-state index in [2.05, 4.69) is 28.8 Å². The third kappa shape index (κ3) is 4.40. The van der Waals surface area contributed by atoms with E-state index < -0.39 is 0 Å². The molecule has 0 radical (unpaired) electrons. The van der Waals surface area contributed by atoms with Crippen LogP contribution < -0.4 is 10.6 Å². The predicted molar refractivity (Wildman–Crippen MR) is 98.9 cm³/mol. The number of nitrogens with one attached hydrogen (secondary N) is 2. The number of carbonyl (C=O) groups excluding carboxylic acids is 2. The molecule has 0 aromatic heterocycles. The fourth-order valence-corrected chi connectivity index (χ4v) is 3.49. The highest BCUT2D eigenvalue weighted by atomic mass is 35.5. The van der Waals surface area contributed by atoms with Crippen LogP contribution in [0.3, 0.4) is 0 Å². The molecule has 2 amide bonds. The molecule has 0 saturated carbocycles. The average molecular weight is 357 g/mol. The smallest absolute Gasteiger partial charge is 0.253 e. The van der Waals surface area contributed by atoms with Crippen LogP contribution in [0.25, 0.3) is 0 Å². The number of halogens is 1. The molecule has 25 heavy (non-hydrogen) atoms. The van der Waals surface area contributed by atoms with Gasteiger partial charge < -0.3 is 10.6 Å². The van der Waals surface area contributed by atoms with Crippen molar-refractivity contribution < 1.29 is 9.59 Å². The molecule has 4 nitrogen and oxygen atoms in total.